The third kappa shape index (κ3) is 3.57. The van der Waals surface area contributed by atoms with Gasteiger partial charge in [-0.15, -0.1) is 0 Å². The number of nitriles is 1. The molecule has 8 heteroatoms. The van der Waals surface area contributed by atoms with Crippen LogP contribution in [0.2, 0.25) is 0 Å². The number of nitrogens with zero attached hydrogens (tertiary/aromatic N) is 4. The Morgan fingerprint density at radius 3 is 2.73 bits per heavy atom. The first-order valence-corrected chi connectivity index (χ1v) is 10.7. The fourth-order valence-corrected chi connectivity index (χ4v) is 5.29. The molecule has 3 aliphatic heterocycles. The van der Waals surface area contributed by atoms with Crippen LogP contribution in [-0.2, 0) is 9.59 Å². The normalized spacial score (nSPS) is 28.1. The number of benzene rings is 1. The van der Waals surface area contributed by atoms with Gasteiger partial charge in [-0.2, -0.15) is 5.26 Å². The molecule has 3 fully saturated rings. The standard InChI is InChI=1S/C22H28FN5O2/c1-2-19(14-5-7-15(23)8-6-14)28-17-10-20(22(28)30)26(12-17)13-18(25)21(29)27-9-3-4-16(27)11-24/h5-8,16-20H,2-4,9-10,12-13,25H2,1H3/t16?,17?,18?,19?,20-/m0/s1. The molecule has 30 heavy (non-hydrogen) atoms. The van der Waals surface area contributed by atoms with Crippen LogP contribution in [0.4, 0.5) is 4.39 Å². The van der Waals surface area contributed by atoms with Gasteiger partial charge in [0.05, 0.1) is 24.2 Å². The van der Waals surface area contributed by atoms with E-state index in [-0.39, 0.29) is 35.8 Å². The summed E-state index contributed by atoms with van der Waals surface area (Å²) in [5.41, 5.74) is 7.13. The van der Waals surface area contributed by atoms with Crippen molar-refractivity contribution in [3.8, 4) is 6.07 Å². The zero-order valence-electron chi connectivity index (χ0n) is 17.2. The molecule has 1 aromatic carbocycles. The first-order valence-electron chi connectivity index (χ1n) is 10.7. The maximum atomic E-state index is 13.3. The van der Waals surface area contributed by atoms with Gasteiger partial charge in [0.2, 0.25) is 11.8 Å². The van der Waals surface area contributed by atoms with E-state index in [2.05, 4.69) is 6.07 Å². The molecule has 4 rings (SSSR count). The van der Waals surface area contributed by atoms with Crippen molar-refractivity contribution in [2.24, 2.45) is 5.73 Å². The number of likely N-dealkylation sites (tertiary alicyclic amines) is 3. The van der Waals surface area contributed by atoms with E-state index in [0.717, 1.165) is 24.8 Å². The van der Waals surface area contributed by atoms with Crippen LogP contribution < -0.4 is 5.73 Å². The van der Waals surface area contributed by atoms with Crippen molar-refractivity contribution in [3.05, 3.63) is 35.6 Å². The largest absolute Gasteiger partial charge is 0.330 e. The van der Waals surface area contributed by atoms with Crippen molar-refractivity contribution in [3.63, 3.8) is 0 Å². The molecule has 0 aromatic heterocycles. The van der Waals surface area contributed by atoms with Crippen molar-refractivity contribution in [2.45, 2.75) is 62.8 Å². The maximum absolute atomic E-state index is 13.3. The number of amides is 2. The van der Waals surface area contributed by atoms with E-state index in [1.165, 1.54) is 12.1 Å². The summed E-state index contributed by atoms with van der Waals surface area (Å²) in [4.78, 5) is 31.4. The monoisotopic (exact) mass is 413 g/mol. The van der Waals surface area contributed by atoms with Gasteiger partial charge in [0.25, 0.3) is 0 Å². The highest BCUT2D eigenvalue weighted by molar-refractivity contribution is 5.87. The van der Waals surface area contributed by atoms with E-state index in [1.54, 1.807) is 17.0 Å². The predicted molar refractivity (Wildman–Crippen MR) is 108 cm³/mol. The Morgan fingerprint density at radius 2 is 2.10 bits per heavy atom. The van der Waals surface area contributed by atoms with Crippen molar-refractivity contribution in [1.82, 2.24) is 14.7 Å². The molecule has 2 bridgehead atoms. The van der Waals surface area contributed by atoms with E-state index in [4.69, 9.17) is 5.73 Å². The maximum Gasteiger partial charge on any atom is 0.241 e. The van der Waals surface area contributed by atoms with E-state index in [9.17, 15) is 19.2 Å². The number of halogens is 1. The molecule has 0 saturated carbocycles. The van der Waals surface area contributed by atoms with Crippen LogP contribution in [-0.4, -0.2) is 70.3 Å². The number of carbonyl (C=O) groups is 2. The lowest BCUT2D eigenvalue weighted by Gasteiger charge is -2.39. The highest BCUT2D eigenvalue weighted by atomic mass is 19.1. The highest BCUT2D eigenvalue weighted by Crippen LogP contribution is 2.39. The minimum Gasteiger partial charge on any atom is -0.330 e. The molecule has 3 heterocycles. The summed E-state index contributed by atoms with van der Waals surface area (Å²) in [5.74, 6) is -0.439. The van der Waals surface area contributed by atoms with Gasteiger partial charge in [0, 0.05) is 25.7 Å². The lowest BCUT2D eigenvalue weighted by molar-refractivity contribution is -0.141. The lowest BCUT2D eigenvalue weighted by Crippen LogP contribution is -2.56. The molecule has 4 unspecified atom stereocenters. The predicted octanol–water partition coefficient (Wildman–Crippen LogP) is 1.40. The van der Waals surface area contributed by atoms with E-state index in [0.29, 0.717) is 26.1 Å². The van der Waals surface area contributed by atoms with Gasteiger partial charge >= 0.3 is 0 Å². The van der Waals surface area contributed by atoms with Crippen LogP contribution >= 0.6 is 0 Å². The number of hydrogen-bond donors (Lipinski definition) is 1. The van der Waals surface area contributed by atoms with Gasteiger partial charge in [0.1, 0.15) is 11.9 Å². The Labute approximate surface area is 176 Å². The average molecular weight is 413 g/mol. The summed E-state index contributed by atoms with van der Waals surface area (Å²) in [5, 5.41) is 9.22. The molecule has 160 valence electrons. The first kappa shape index (κ1) is 20.8. The minimum atomic E-state index is -0.737. The SMILES string of the molecule is CCC(c1ccc(F)cc1)N1C(=O)[C@@H]2CC1CN2CC(N)C(=O)N1CCCC1C#N. The second kappa shape index (κ2) is 8.32. The molecule has 0 aliphatic carbocycles. The molecule has 2 amide bonds. The second-order valence-corrected chi connectivity index (χ2v) is 8.51. The fourth-order valence-electron chi connectivity index (χ4n) is 5.29. The molecule has 0 spiro atoms. The van der Waals surface area contributed by atoms with Crippen molar-refractivity contribution in [2.75, 3.05) is 19.6 Å². The number of piperazine rings is 1. The molecule has 2 N–H and O–H groups in total. The van der Waals surface area contributed by atoms with Gasteiger partial charge < -0.3 is 15.5 Å². The minimum absolute atomic E-state index is 0.0538. The number of rotatable bonds is 6. The summed E-state index contributed by atoms with van der Waals surface area (Å²) >= 11 is 0. The highest BCUT2D eigenvalue weighted by Gasteiger charge is 2.52. The zero-order chi connectivity index (χ0) is 21.4. The van der Waals surface area contributed by atoms with Crippen molar-refractivity contribution >= 4 is 11.8 Å². The van der Waals surface area contributed by atoms with Crippen molar-refractivity contribution in [1.29, 1.82) is 5.26 Å². The molecule has 3 saturated heterocycles. The smallest absolute Gasteiger partial charge is 0.241 e. The Morgan fingerprint density at radius 1 is 1.37 bits per heavy atom. The van der Waals surface area contributed by atoms with Crippen LogP contribution in [0.15, 0.2) is 24.3 Å². The Hall–Kier alpha value is -2.50. The van der Waals surface area contributed by atoms with Crippen LogP contribution in [0.3, 0.4) is 0 Å². The summed E-state index contributed by atoms with van der Waals surface area (Å²) in [6, 6.07) is 7.12. The van der Waals surface area contributed by atoms with Crippen LogP contribution in [0.1, 0.15) is 44.2 Å². The van der Waals surface area contributed by atoms with E-state index < -0.39 is 12.1 Å². The van der Waals surface area contributed by atoms with Crippen LogP contribution in [0.25, 0.3) is 0 Å². The van der Waals surface area contributed by atoms with Gasteiger partial charge in [-0.1, -0.05) is 19.1 Å². The number of carbonyl (C=O) groups excluding carboxylic acids is 2. The van der Waals surface area contributed by atoms with E-state index >= 15 is 0 Å². The Balaban J connectivity index is 1.41. The number of fused-ring (bicyclic) bond motifs is 2. The summed E-state index contributed by atoms with van der Waals surface area (Å²) in [7, 11) is 0. The first-order chi connectivity index (χ1) is 14.4. The number of nitrogens with two attached hydrogens (primary N) is 1. The average Bonchev–Trinajstić information content (AvgIpc) is 3.45. The van der Waals surface area contributed by atoms with Gasteiger partial charge in [-0.3, -0.25) is 14.5 Å². The Kier molecular flexibility index (Phi) is 5.76. The number of hydrogen-bond acceptors (Lipinski definition) is 5. The summed E-state index contributed by atoms with van der Waals surface area (Å²) in [6.45, 7) is 3.60. The molecule has 5 atom stereocenters. The topological polar surface area (TPSA) is 93.7 Å². The van der Waals surface area contributed by atoms with Crippen LogP contribution in [0, 0.1) is 17.1 Å². The summed E-state index contributed by atoms with van der Waals surface area (Å²) in [6.07, 6.45) is 2.99. The molecule has 3 aliphatic rings. The van der Waals surface area contributed by atoms with E-state index in [1.807, 2.05) is 16.7 Å². The molecule has 1 aromatic rings. The third-order valence-electron chi connectivity index (χ3n) is 6.72. The van der Waals surface area contributed by atoms with Crippen LogP contribution in [0.5, 0.6) is 0 Å². The van der Waals surface area contributed by atoms with Gasteiger partial charge in [-0.25, -0.2) is 4.39 Å². The molecule has 7 nitrogen and oxygen atoms in total. The zero-order valence-corrected chi connectivity index (χ0v) is 17.2. The summed E-state index contributed by atoms with van der Waals surface area (Å²) < 4.78 is 13.3. The quantitative estimate of drug-likeness (QED) is 0.761. The van der Waals surface area contributed by atoms with Crippen molar-refractivity contribution < 1.29 is 14.0 Å². The third-order valence-corrected chi connectivity index (χ3v) is 6.72. The Bertz CT molecular complexity index is 854. The molecular formula is C22H28FN5O2. The lowest BCUT2D eigenvalue weighted by atomic mass is 10.0. The fraction of sp³-hybridized carbons (Fsp3) is 0.591. The van der Waals surface area contributed by atoms with Gasteiger partial charge in [-0.05, 0) is 43.4 Å². The molecular weight excluding hydrogens is 385 g/mol. The molecule has 0 radical (unpaired) electrons. The second-order valence-electron chi connectivity index (χ2n) is 8.51. The van der Waals surface area contributed by atoms with Gasteiger partial charge in [0.15, 0.2) is 0 Å².